The molecule has 0 unspecified atom stereocenters. The van der Waals surface area contributed by atoms with Crippen molar-refractivity contribution in [3.63, 3.8) is 0 Å². The van der Waals surface area contributed by atoms with Gasteiger partial charge in [0.2, 0.25) is 0 Å². The Bertz CT molecular complexity index is 485. The molecule has 0 heterocycles. The highest BCUT2D eigenvalue weighted by atomic mass is 16.5. The van der Waals surface area contributed by atoms with E-state index in [1.165, 1.54) is 0 Å². The van der Waals surface area contributed by atoms with Crippen LogP contribution in [0.15, 0.2) is 54.6 Å². The molecule has 0 saturated heterocycles. The molecule has 0 radical (unpaired) electrons. The van der Waals surface area contributed by atoms with E-state index >= 15 is 0 Å². The Morgan fingerprint density at radius 2 is 1.72 bits per heavy atom. The molecule has 18 heavy (non-hydrogen) atoms. The minimum atomic E-state index is -0.0314. The number of anilines is 1. The molecule has 0 aliphatic rings. The van der Waals surface area contributed by atoms with Crippen molar-refractivity contribution in [1.29, 1.82) is 0 Å². The van der Waals surface area contributed by atoms with Gasteiger partial charge in [-0.3, -0.25) is 0 Å². The summed E-state index contributed by atoms with van der Waals surface area (Å²) in [5, 5.41) is 3.31. The van der Waals surface area contributed by atoms with E-state index in [0.29, 0.717) is 6.54 Å². The maximum Gasteiger partial charge on any atom is 0.141 e. The molecule has 0 aliphatic carbocycles. The number of benzene rings is 2. The zero-order chi connectivity index (χ0) is 12.8. The molecule has 3 N–H and O–H groups in total. The van der Waals surface area contributed by atoms with Gasteiger partial charge >= 0.3 is 0 Å². The van der Waals surface area contributed by atoms with Crippen LogP contribution >= 0.6 is 0 Å². The van der Waals surface area contributed by atoms with Crippen LogP contribution in [-0.2, 0) is 0 Å². The summed E-state index contributed by atoms with van der Waals surface area (Å²) in [6.45, 7) is 0.671. The Kier molecular flexibility index (Phi) is 4.20. The molecule has 0 aromatic heterocycles. The summed E-state index contributed by atoms with van der Waals surface area (Å²) in [7, 11) is 1.66. The predicted molar refractivity (Wildman–Crippen MR) is 74.9 cm³/mol. The Morgan fingerprint density at radius 1 is 1.06 bits per heavy atom. The fourth-order valence-electron chi connectivity index (χ4n) is 1.83. The van der Waals surface area contributed by atoms with Gasteiger partial charge in [0.05, 0.1) is 12.8 Å². The number of para-hydroxylation sites is 2. The maximum atomic E-state index is 6.13. The van der Waals surface area contributed by atoms with E-state index in [1.807, 2.05) is 54.6 Å². The first-order valence-corrected chi connectivity index (χ1v) is 5.98. The lowest BCUT2D eigenvalue weighted by Crippen LogP contribution is -2.20. The minimum Gasteiger partial charge on any atom is -0.495 e. The molecule has 0 saturated carbocycles. The first-order valence-electron chi connectivity index (χ1n) is 5.98. The van der Waals surface area contributed by atoms with Crippen molar-refractivity contribution < 1.29 is 4.74 Å². The van der Waals surface area contributed by atoms with Gasteiger partial charge < -0.3 is 15.8 Å². The summed E-state index contributed by atoms with van der Waals surface area (Å²) in [5.74, 6) is 0.831. The second-order valence-electron chi connectivity index (χ2n) is 4.10. The lowest BCUT2D eigenvalue weighted by Gasteiger charge is -2.15. The molecule has 2 rings (SSSR count). The third-order valence-corrected chi connectivity index (χ3v) is 2.85. The molecule has 0 fully saturated rings. The Morgan fingerprint density at radius 3 is 2.44 bits per heavy atom. The van der Waals surface area contributed by atoms with Gasteiger partial charge in [0.1, 0.15) is 5.75 Å². The van der Waals surface area contributed by atoms with Gasteiger partial charge in [-0.25, -0.2) is 0 Å². The topological polar surface area (TPSA) is 47.3 Å². The van der Waals surface area contributed by atoms with Crippen molar-refractivity contribution in [3.8, 4) is 5.75 Å². The monoisotopic (exact) mass is 242 g/mol. The van der Waals surface area contributed by atoms with Gasteiger partial charge in [0.15, 0.2) is 0 Å². The predicted octanol–water partition coefficient (Wildman–Crippen LogP) is 2.81. The average Bonchev–Trinajstić information content (AvgIpc) is 2.46. The van der Waals surface area contributed by atoms with E-state index in [-0.39, 0.29) is 6.04 Å². The Hall–Kier alpha value is -2.00. The first-order chi connectivity index (χ1) is 8.81. The second kappa shape index (κ2) is 6.07. The Labute approximate surface area is 108 Å². The molecular weight excluding hydrogens is 224 g/mol. The van der Waals surface area contributed by atoms with Crippen molar-refractivity contribution in [2.24, 2.45) is 5.73 Å². The molecule has 94 valence electrons. The normalized spacial score (nSPS) is 11.9. The van der Waals surface area contributed by atoms with Crippen LogP contribution in [0, 0.1) is 0 Å². The highest BCUT2D eigenvalue weighted by Crippen LogP contribution is 2.23. The van der Waals surface area contributed by atoms with E-state index in [9.17, 15) is 0 Å². The molecule has 3 heteroatoms. The fourth-order valence-corrected chi connectivity index (χ4v) is 1.83. The second-order valence-corrected chi connectivity index (χ2v) is 4.10. The van der Waals surface area contributed by atoms with Crippen molar-refractivity contribution in [3.05, 3.63) is 60.2 Å². The van der Waals surface area contributed by atoms with Gasteiger partial charge in [-0.1, -0.05) is 42.5 Å². The molecule has 2 aromatic rings. The lowest BCUT2D eigenvalue weighted by atomic mass is 10.1. The highest BCUT2D eigenvalue weighted by molar-refractivity contribution is 5.56. The third-order valence-electron chi connectivity index (χ3n) is 2.85. The van der Waals surface area contributed by atoms with E-state index < -0.39 is 0 Å². The van der Waals surface area contributed by atoms with E-state index in [4.69, 9.17) is 10.5 Å². The summed E-state index contributed by atoms with van der Waals surface area (Å²) < 4.78 is 5.28. The zero-order valence-corrected chi connectivity index (χ0v) is 10.5. The summed E-state index contributed by atoms with van der Waals surface area (Å²) in [6.07, 6.45) is 0. The summed E-state index contributed by atoms with van der Waals surface area (Å²) in [5.41, 5.74) is 8.22. The number of nitrogens with two attached hydrogens (primary N) is 1. The Balaban J connectivity index is 1.99. The smallest absolute Gasteiger partial charge is 0.141 e. The molecule has 2 aromatic carbocycles. The van der Waals surface area contributed by atoms with Crippen molar-refractivity contribution >= 4 is 5.69 Å². The van der Waals surface area contributed by atoms with E-state index in [0.717, 1.165) is 17.0 Å². The number of rotatable bonds is 5. The quantitative estimate of drug-likeness (QED) is 0.847. The number of nitrogens with one attached hydrogen (secondary N) is 1. The number of hydrogen-bond acceptors (Lipinski definition) is 3. The average molecular weight is 242 g/mol. The third kappa shape index (κ3) is 3.02. The van der Waals surface area contributed by atoms with Gasteiger partial charge in [-0.2, -0.15) is 0 Å². The number of methoxy groups -OCH3 is 1. The molecule has 0 aliphatic heterocycles. The molecule has 0 amide bonds. The lowest BCUT2D eigenvalue weighted by molar-refractivity contribution is 0.416. The van der Waals surface area contributed by atoms with Crippen LogP contribution in [0.2, 0.25) is 0 Å². The molecule has 0 bridgehead atoms. The standard InChI is InChI=1S/C15H18N2O/c1-18-15-10-6-5-9-14(15)17-11-13(16)12-7-3-2-4-8-12/h2-10,13,17H,11,16H2,1H3/t13-/m0/s1. The first kappa shape index (κ1) is 12.5. The van der Waals surface area contributed by atoms with Crippen LogP contribution in [0.5, 0.6) is 5.75 Å². The fraction of sp³-hybridized carbons (Fsp3) is 0.200. The number of ether oxygens (including phenoxy) is 1. The van der Waals surface area contributed by atoms with Crippen LogP contribution in [0.25, 0.3) is 0 Å². The van der Waals surface area contributed by atoms with Gasteiger partial charge in [-0.15, -0.1) is 0 Å². The van der Waals surface area contributed by atoms with E-state index in [2.05, 4.69) is 5.32 Å². The molecular formula is C15H18N2O. The van der Waals surface area contributed by atoms with Crippen molar-refractivity contribution in [2.45, 2.75) is 6.04 Å². The molecule has 3 nitrogen and oxygen atoms in total. The molecule has 0 spiro atoms. The van der Waals surface area contributed by atoms with Crippen LogP contribution in [0.4, 0.5) is 5.69 Å². The van der Waals surface area contributed by atoms with Gasteiger partial charge in [0.25, 0.3) is 0 Å². The van der Waals surface area contributed by atoms with Crippen LogP contribution in [-0.4, -0.2) is 13.7 Å². The van der Waals surface area contributed by atoms with Crippen LogP contribution in [0.3, 0.4) is 0 Å². The SMILES string of the molecule is COc1ccccc1NC[C@H](N)c1ccccc1. The minimum absolute atomic E-state index is 0.0314. The van der Waals surface area contributed by atoms with Crippen LogP contribution in [0.1, 0.15) is 11.6 Å². The summed E-state index contributed by atoms with van der Waals surface area (Å²) >= 11 is 0. The zero-order valence-electron chi connectivity index (χ0n) is 10.5. The maximum absolute atomic E-state index is 6.13. The highest BCUT2D eigenvalue weighted by Gasteiger charge is 2.06. The number of hydrogen-bond donors (Lipinski definition) is 2. The van der Waals surface area contributed by atoms with Crippen LogP contribution < -0.4 is 15.8 Å². The summed E-state index contributed by atoms with van der Waals surface area (Å²) in [4.78, 5) is 0. The van der Waals surface area contributed by atoms with Gasteiger partial charge in [0, 0.05) is 12.6 Å². The van der Waals surface area contributed by atoms with Crippen molar-refractivity contribution in [1.82, 2.24) is 0 Å². The largest absolute Gasteiger partial charge is 0.495 e. The summed E-state index contributed by atoms with van der Waals surface area (Å²) in [6, 6.07) is 17.9. The van der Waals surface area contributed by atoms with Crippen molar-refractivity contribution in [2.75, 3.05) is 19.0 Å². The molecule has 1 atom stereocenters. The van der Waals surface area contributed by atoms with Gasteiger partial charge in [-0.05, 0) is 17.7 Å². The van der Waals surface area contributed by atoms with E-state index in [1.54, 1.807) is 7.11 Å².